The summed E-state index contributed by atoms with van der Waals surface area (Å²) in [5.41, 5.74) is 2.35. The molecular weight excluding hydrogens is 329 g/mol. The number of hydrogen-bond donors (Lipinski definition) is 0. The first kappa shape index (κ1) is 16.6. The Hall–Kier alpha value is -2.82. The van der Waals surface area contributed by atoms with Gasteiger partial charge >= 0.3 is 5.69 Å². The molecule has 1 aliphatic rings. The minimum atomic E-state index is -0.252. The van der Waals surface area contributed by atoms with Crippen molar-refractivity contribution in [2.45, 2.75) is 38.6 Å². The SMILES string of the molecule is CCCCC1C(Cc2ccc(F)cc2)=Nc2c3ccccc3nc(=O)n21. The van der Waals surface area contributed by atoms with E-state index in [-0.39, 0.29) is 17.5 Å². The number of aliphatic imine (C=N–C) groups is 1. The van der Waals surface area contributed by atoms with E-state index in [1.165, 1.54) is 12.1 Å². The fraction of sp³-hybridized carbons (Fsp3) is 0.286. The van der Waals surface area contributed by atoms with Gasteiger partial charge in [0, 0.05) is 17.5 Å². The molecule has 0 spiro atoms. The summed E-state index contributed by atoms with van der Waals surface area (Å²) in [4.78, 5) is 21.8. The molecule has 0 N–H and O–H groups in total. The van der Waals surface area contributed by atoms with Gasteiger partial charge in [-0.1, -0.05) is 44.0 Å². The molecule has 0 saturated heterocycles. The van der Waals surface area contributed by atoms with E-state index < -0.39 is 0 Å². The largest absolute Gasteiger partial charge is 0.350 e. The minimum Gasteiger partial charge on any atom is -0.267 e. The van der Waals surface area contributed by atoms with Gasteiger partial charge in [0.1, 0.15) is 11.6 Å². The van der Waals surface area contributed by atoms with Crippen molar-refractivity contribution in [2.75, 3.05) is 0 Å². The quantitative estimate of drug-likeness (QED) is 0.676. The molecule has 5 heteroatoms. The first-order valence-electron chi connectivity index (χ1n) is 9.00. The normalized spacial score (nSPS) is 15.9. The van der Waals surface area contributed by atoms with E-state index in [4.69, 9.17) is 4.99 Å². The topological polar surface area (TPSA) is 47.2 Å². The second-order valence-corrected chi connectivity index (χ2v) is 6.67. The van der Waals surface area contributed by atoms with Crippen molar-refractivity contribution in [3.63, 3.8) is 0 Å². The molecular formula is C21H20FN3O. The molecule has 26 heavy (non-hydrogen) atoms. The predicted molar refractivity (Wildman–Crippen MR) is 102 cm³/mol. The Labute approximate surface area is 151 Å². The summed E-state index contributed by atoms with van der Waals surface area (Å²) in [5, 5.41) is 0.891. The third kappa shape index (κ3) is 2.94. The number of halogens is 1. The van der Waals surface area contributed by atoms with Crippen LogP contribution in [0.3, 0.4) is 0 Å². The lowest BCUT2D eigenvalue weighted by Gasteiger charge is -2.16. The van der Waals surface area contributed by atoms with Crippen molar-refractivity contribution in [1.82, 2.24) is 9.55 Å². The predicted octanol–water partition coefficient (Wildman–Crippen LogP) is 4.60. The molecule has 1 aliphatic heterocycles. The van der Waals surface area contributed by atoms with E-state index >= 15 is 0 Å². The van der Waals surface area contributed by atoms with Crippen LogP contribution in [0.5, 0.6) is 0 Å². The summed E-state index contributed by atoms with van der Waals surface area (Å²) in [5.74, 6) is 0.443. The molecule has 1 atom stereocenters. The highest BCUT2D eigenvalue weighted by molar-refractivity contribution is 6.00. The van der Waals surface area contributed by atoms with Gasteiger partial charge < -0.3 is 0 Å². The smallest absolute Gasteiger partial charge is 0.267 e. The van der Waals surface area contributed by atoms with E-state index in [1.54, 1.807) is 16.7 Å². The van der Waals surface area contributed by atoms with Crippen LogP contribution in [0.2, 0.25) is 0 Å². The summed E-state index contributed by atoms with van der Waals surface area (Å²) in [6, 6.07) is 14.0. The van der Waals surface area contributed by atoms with Gasteiger partial charge in [0.2, 0.25) is 0 Å². The Bertz CT molecular complexity index is 1040. The maximum Gasteiger partial charge on any atom is 0.350 e. The van der Waals surface area contributed by atoms with Gasteiger partial charge in [0.15, 0.2) is 0 Å². The molecule has 0 bridgehead atoms. The maximum atomic E-state index is 13.2. The molecule has 4 rings (SSSR count). The molecule has 1 unspecified atom stereocenters. The van der Waals surface area contributed by atoms with E-state index in [2.05, 4.69) is 11.9 Å². The van der Waals surface area contributed by atoms with E-state index in [1.807, 2.05) is 24.3 Å². The van der Waals surface area contributed by atoms with Gasteiger partial charge in [0.25, 0.3) is 0 Å². The van der Waals surface area contributed by atoms with Crippen molar-refractivity contribution >= 4 is 22.4 Å². The van der Waals surface area contributed by atoms with Crippen LogP contribution in [0.1, 0.15) is 37.8 Å². The Balaban J connectivity index is 1.81. The third-order valence-electron chi connectivity index (χ3n) is 4.87. The van der Waals surface area contributed by atoms with Crippen LogP contribution in [0, 0.1) is 5.82 Å². The molecule has 0 amide bonds. The summed E-state index contributed by atoms with van der Waals surface area (Å²) >= 11 is 0. The molecule has 3 aromatic rings. The molecule has 0 fully saturated rings. The number of para-hydroxylation sites is 1. The zero-order valence-corrected chi connectivity index (χ0v) is 14.7. The average Bonchev–Trinajstić information content (AvgIpc) is 3.01. The lowest BCUT2D eigenvalue weighted by atomic mass is 9.99. The number of aromatic nitrogens is 2. The van der Waals surface area contributed by atoms with Gasteiger partial charge in [-0.2, -0.15) is 4.98 Å². The Morgan fingerprint density at radius 3 is 2.65 bits per heavy atom. The second kappa shape index (κ2) is 6.83. The van der Waals surface area contributed by atoms with Crippen LogP contribution in [-0.2, 0) is 6.42 Å². The highest BCUT2D eigenvalue weighted by Crippen LogP contribution is 2.35. The molecule has 0 aliphatic carbocycles. The summed E-state index contributed by atoms with van der Waals surface area (Å²) in [7, 11) is 0. The van der Waals surface area contributed by atoms with E-state index in [0.717, 1.165) is 35.9 Å². The minimum absolute atomic E-state index is 0.0837. The third-order valence-corrected chi connectivity index (χ3v) is 4.87. The zero-order valence-electron chi connectivity index (χ0n) is 14.7. The number of hydrogen-bond acceptors (Lipinski definition) is 3. The second-order valence-electron chi connectivity index (χ2n) is 6.67. The molecule has 2 heterocycles. The van der Waals surface area contributed by atoms with Crippen molar-refractivity contribution in [2.24, 2.45) is 4.99 Å². The molecule has 0 saturated carbocycles. The Morgan fingerprint density at radius 1 is 1.12 bits per heavy atom. The van der Waals surface area contributed by atoms with Gasteiger partial charge in [-0.15, -0.1) is 0 Å². The van der Waals surface area contributed by atoms with Crippen molar-refractivity contribution < 1.29 is 4.39 Å². The molecule has 4 nitrogen and oxygen atoms in total. The lowest BCUT2D eigenvalue weighted by molar-refractivity contribution is 0.550. The van der Waals surface area contributed by atoms with Gasteiger partial charge in [-0.3, -0.25) is 4.57 Å². The molecule has 0 radical (unpaired) electrons. The highest BCUT2D eigenvalue weighted by Gasteiger charge is 2.29. The maximum absolute atomic E-state index is 13.2. The van der Waals surface area contributed by atoms with Gasteiger partial charge in [0.05, 0.1) is 11.6 Å². The number of rotatable bonds is 5. The van der Waals surface area contributed by atoms with Crippen molar-refractivity contribution in [3.05, 3.63) is 70.4 Å². The number of nitrogens with zero attached hydrogens (tertiary/aromatic N) is 3. The first-order chi connectivity index (χ1) is 12.7. The first-order valence-corrected chi connectivity index (χ1v) is 9.00. The average molecular weight is 349 g/mol. The van der Waals surface area contributed by atoms with Crippen LogP contribution < -0.4 is 5.69 Å². The number of unbranched alkanes of at least 4 members (excludes halogenated alkanes) is 1. The lowest BCUT2D eigenvalue weighted by Crippen LogP contribution is -2.28. The van der Waals surface area contributed by atoms with Crippen LogP contribution in [-0.4, -0.2) is 15.3 Å². The summed E-state index contributed by atoms with van der Waals surface area (Å²) in [6.07, 6.45) is 3.50. The van der Waals surface area contributed by atoms with E-state index in [9.17, 15) is 9.18 Å². The van der Waals surface area contributed by atoms with Crippen LogP contribution >= 0.6 is 0 Å². The molecule has 1 aromatic heterocycles. The molecule has 2 aromatic carbocycles. The van der Waals surface area contributed by atoms with Crippen LogP contribution in [0.25, 0.3) is 10.9 Å². The van der Waals surface area contributed by atoms with Crippen LogP contribution in [0.4, 0.5) is 10.2 Å². The van der Waals surface area contributed by atoms with Gasteiger partial charge in [-0.05, 0) is 36.2 Å². The Kier molecular flexibility index (Phi) is 4.37. The summed E-state index contributed by atoms with van der Waals surface area (Å²) < 4.78 is 14.9. The monoisotopic (exact) mass is 349 g/mol. The summed E-state index contributed by atoms with van der Waals surface area (Å²) in [6.45, 7) is 2.13. The highest BCUT2D eigenvalue weighted by atomic mass is 19.1. The Morgan fingerprint density at radius 2 is 1.88 bits per heavy atom. The zero-order chi connectivity index (χ0) is 18.1. The fourth-order valence-corrected chi connectivity index (χ4v) is 3.55. The number of fused-ring (bicyclic) bond motifs is 3. The number of benzene rings is 2. The van der Waals surface area contributed by atoms with Gasteiger partial charge in [-0.25, -0.2) is 14.2 Å². The molecule has 132 valence electrons. The van der Waals surface area contributed by atoms with Crippen molar-refractivity contribution in [1.29, 1.82) is 0 Å². The van der Waals surface area contributed by atoms with Crippen LogP contribution in [0.15, 0.2) is 58.3 Å². The van der Waals surface area contributed by atoms with E-state index in [0.29, 0.717) is 17.8 Å². The fourth-order valence-electron chi connectivity index (χ4n) is 3.55. The van der Waals surface area contributed by atoms with Crippen molar-refractivity contribution in [3.8, 4) is 0 Å². The standard InChI is InChI=1S/C21H20FN3O/c1-2-3-8-19-18(13-14-9-11-15(22)12-10-14)23-20-16-6-4-5-7-17(16)24-21(26)25(19)20/h4-7,9-12,19H,2-3,8,13H2,1H3.